The summed E-state index contributed by atoms with van der Waals surface area (Å²) in [7, 11) is 0. The van der Waals surface area contributed by atoms with Gasteiger partial charge in [0.2, 0.25) is 0 Å². The van der Waals surface area contributed by atoms with Gasteiger partial charge in [-0.05, 0) is 31.6 Å². The van der Waals surface area contributed by atoms with Gasteiger partial charge in [0, 0.05) is 32.2 Å². The van der Waals surface area contributed by atoms with Crippen molar-refractivity contribution in [2.24, 2.45) is 11.8 Å². The summed E-state index contributed by atoms with van der Waals surface area (Å²) < 4.78 is 5.87. The summed E-state index contributed by atoms with van der Waals surface area (Å²) in [5, 5.41) is 3.44. The molecule has 3 heteroatoms. The van der Waals surface area contributed by atoms with E-state index >= 15 is 0 Å². The number of rotatable bonds is 2. The second-order valence-corrected chi connectivity index (χ2v) is 5.76. The molecule has 4 unspecified atom stereocenters. The number of likely N-dealkylation sites (tertiary alicyclic amines) is 1. The number of hydrogen-bond donors (Lipinski definition) is 1. The maximum Gasteiger partial charge on any atom is 0.0852 e. The van der Waals surface area contributed by atoms with Crippen LogP contribution in [0.1, 0.15) is 26.2 Å². The highest BCUT2D eigenvalue weighted by Gasteiger charge is 2.39. The molecule has 0 radical (unpaired) electrons. The van der Waals surface area contributed by atoms with Gasteiger partial charge in [-0.1, -0.05) is 6.42 Å². The minimum Gasteiger partial charge on any atom is -0.374 e. The molecule has 3 rings (SSSR count). The Hall–Kier alpha value is -0.120. The lowest BCUT2D eigenvalue weighted by Gasteiger charge is -2.34. The summed E-state index contributed by atoms with van der Waals surface area (Å²) in [6.07, 6.45) is 4.82. The molecule has 2 saturated heterocycles. The maximum atomic E-state index is 5.87. The third-order valence-corrected chi connectivity index (χ3v) is 4.82. The SMILES string of the molecule is CC(C1CNCCO1)N1CC2CCCC2C1. The maximum absolute atomic E-state index is 5.87. The Morgan fingerprint density at radius 3 is 2.62 bits per heavy atom. The number of morpholine rings is 1. The zero-order valence-electron chi connectivity index (χ0n) is 10.3. The van der Waals surface area contributed by atoms with Crippen molar-refractivity contribution in [3.63, 3.8) is 0 Å². The average Bonchev–Trinajstić information content (AvgIpc) is 2.89. The van der Waals surface area contributed by atoms with Crippen LogP contribution >= 0.6 is 0 Å². The van der Waals surface area contributed by atoms with Crippen LogP contribution in [-0.2, 0) is 4.74 Å². The minimum absolute atomic E-state index is 0.410. The topological polar surface area (TPSA) is 24.5 Å². The molecule has 2 aliphatic heterocycles. The van der Waals surface area contributed by atoms with Crippen molar-refractivity contribution in [2.75, 3.05) is 32.8 Å². The van der Waals surface area contributed by atoms with Crippen LogP contribution in [0.5, 0.6) is 0 Å². The van der Waals surface area contributed by atoms with Gasteiger partial charge in [-0.2, -0.15) is 0 Å². The molecule has 0 amide bonds. The largest absolute Gasteiger partial charge is 0.374 e. The Labute approximate surface area is 98.5 Å². The van der Waals surface area contributed by atoms with Crippen molar-refractivity contribution in [3.05, 3.63) is 0 Å². The lowest BCUT2D eigenvalue weighted by atomic mass is 10.0. The monoisotopic (exact) mass is 224 g/mol. The molecule has 0 aromatic carbocycles. The fourth-order valence-corrected chi connectivity index (χ4v) is 3.73. The van der Waals surface area contributed by atoms with Crippen LogP contribution < -0.4 is 5.32 Å². The second kappa shape index (κ2) is 4.63. The van der Waals surface area contributed by atoms with Crippen molar-refractivity contribution < 1.29 is 4.74 Å². The number of hydrogen-bond acceptors (Lipinski definition) is 3. The minimum atomic E-state index is 0.410. The van der Waals surface area contributed by atoms with E-state index in [1.165, 1.54) is 32.4 Å². The highest BCUT2D eigenvalue weighted by atomic mass is 16.5. The highest BCUT2D eigenvalue weighted by Crippen LogP contribution is 2.38. The molecule has 1 N–H and O–H groups in total. The lowest BCUT2D eigenvalue weighted by Crippen LogP contribution is -2.50. The molecular formula is C13H24N2O. The Balaban J connectivity index is 1.56. The van der Waals surface area contributed by atoms with Crippen LogP contribution in [0.2, 0.25) is 0 Å². The van der Waals surface area contributed by atoms with Gasteiger partial charge >= 0.3 is 0 Å². The van der Waals surface area contributed by atoms with E-state index in [1.807, 2.05) is 0 Å². The first-order valence-electron chi connectivity index (χ1n) is 6.91. The van der Waals surface area contributed by atoms with Crippen molar-refractivity contribution in [1.82, 2.24) is 10.2 Å². The fraction of sp³-hybridized carbons (Fsp3) is 1.00. The van der Waals surface area contributed by atoms with Gasteiger partial charge in [0.15, 0.2) is 0 Å². The number of nitrogens with zero attached hydrogens (tertiary/aromatic N) is 1. The van der Waals surface area contributed by atoms with Gasteiger partial charge in [0.05, 0.1) is 12.7 Å². The molecule has 3 nitrogen and oxygen atoms in total. The van der Waals surface area contributed by atoms with Gasteiger partial charge < -0.3 is 10.1 Å². The third-order valence-electron chi connectivity index (χ3n) is 4.82. The predicted molar refractivity (Wildman–Crippen MR) is 64.5 cm³/mol. The second-order valence-electron chi connectivity index (χ2n) is 5.76. The van der Waals surface area contributed by atoms with E-state index in [1.54, 1.807) is 0 Å². The number of nitrogens with one attached hydrogen (secondary N) is 1. The van der Waals surface area contributed by atoms with Crippen LogP contribution in [-0.4, -0.2) is 49.8 Å². The Morgan fingerprint density at radius 2 is 2.00 bits per heavy atom. The number of ether oxygens (including phenoxy) is 1. The van der Waals surface area contributed by atoms with Crippen molar-refractivity contribution in [1.29, 1.82) is 0 Å². The molecule has 1 saturated carbocycles. The Kier molecular flexibility index (Phi) is 3.18. The van der Waals surface area contributed by atoms with Crippen LogP contribution in [0.4, 0.5) is 0 Å². The first-order valence-corrected chi connectivity index (χ1v) is 6.91. The van der Waals surface area contributed by atoms with E-state index in [0.29, 0.717) is 12.1 Å². The molecular weight excluding hydrogens is 200 g/mol. The van der Waals surface area contributed by atoms with E-state index in [0.717, 1.165) is 31.5 Å². The average molecular weight is 224 g/mol. The van der Waals surface area contributed by atoms with E-state index < -0.39 is 0 Å². The molecule has 16 heavy (non-hydrogen) atoms. The predicted octanol–water partition coefficient (Wildman–Crippen LogP) is 1.10. The van der Waals surface area contributed by atoms with Crippen LogP contribution in [0.15, 0.2) is 0 Å². The first-order chi connectivity index (χ1) is 7.84. The summed E-state index contributed by atoms with van der Waals surface area (Å²) in [4.78, 5) is 2.67. The smallest absolute Gasteiger partial charge is 0.0852 e. The van der Waals surface area contributed by atoms with Gasteiger partial charge in [-0.3, -0.25) is 4.90 Å². The van der Waals surface area contributed by atoms with E-state index in [-0.39, 0.29) is 0 Å². The molecule has 0 aromatic heterocycles. The zero-order valence-corrected chi connectivity index (χ0v) is 10.3. The standard InChI is InChI=1S/C13H24N2O/c1-10(13-7-14-5-6-16-13)15-8-11-3-2-4-12(11)9-15/h10-14H,2-9H2,1H3. The molecule has 3 aliphatic rings. The van der Waals surface area contributed by atoms with Gasteiger partial charge in [0.1, 0.15) is 0 Å². The fourth-order valence-electron chi connectivity index (χ4n) is 3.73. The highest BCUT2D eigenvalue weighted by molar-refractivity contribution is 4.92. The van der Waals surface area contributed by atoms with E-state index in [2.05, 4.69) is 17.1 Å². The molecule has 4 atom stereocenters. The molecule has 0 aromatic rings. The summed E-state index contributed by atoms with van der Waals surface area (Å²) in [6, 6.07) is 0.596. The van der Waals surface area contributed by atoms with Crippen LogP contribution in [0.25, 0.3) is 0 Å². The molecule has 3 fully saturated rings. The summed E-state index contributed by atoms with van der Waals surface area (Å²) in [5.41, 5.74) is 0. The molecule has 2 heterocycles. The summed E-state index contributed by atoms with van der Waals surface area (Å²) in [5.74, 6) is 2.00. The quantitative estimate of drug-likeness (QED) is 0.760. The zero-order chi connectivity index (χ0) is 11.0. The summed E-state index contributed by atoms with van der Waals surface area (Å²) >= 11 is 0. The first kappa shape index (κ1) is 11.0. The third kappa shape index (κ3) is 2.01. The van der Waals surface area contributed by atoms with Crippen molar-refractivity contribution in [2.45, 2.75) is 38.3 Å². The van der Waals surface area contributed by atoms with Crippen molar-refractivity contribution >= 4 is 0 Å². The lowest BCUT2D eigenvalue weighted by molar-refractivity contribution is -0.0223. The van der Waals surface area contributed by atoms with Gasteiger partial charge in [-0.25, -0.2) is 0 Å². The Morgan fingerprint density at radius 1 is 1.25 bits per heavy atom. The van der Waals surface area contributed by atoms with Gasteiger partial charge in [-0.15, -0.1) is 0 Å². The van der Waals surface area contributed by atoms with Crippen LogP contribution in [0, 0.1) is 11.8 Å². The molecule has 0 spiro atoms. The molecule has 92 valence electrons. The van der Waals surface area contributed by atoms with E-state index in [4.69, 9.17) is 4.74 Å². The van der Waals surface area contributed by atoms with Crippen molar-refractivity contribution in [3.8, 4) is 0 Å². The van der Waals surface area contributed by atoms with E-state index in [9.17, 15) is 0 Å². The van der Waals surface area contributed by atoms with Gasteiger partial charge in [0.25, 0.3) is 0 Å². The van der Waals surface area contributed by atoms with Crippen LogP contribution in [0.3, 0.4) is 0 Å². The normalized spacial score (nSPS) is 42.2. The molecule has 1 aliphatic carbocycles. The molecule has 0 bridgehead atoms. The Bertz CT molecular complexity index is 228. The summed E-state index contributed by atoms with van der Waals surface area (Å²) in [6.45, 7) is 7.94. The number of fused-ring (bicyclic) bond motifs is 1.